The molecule has 0 amide bonds. The molecule has 0 aromatic heterocycles. The van der Waals surface area contributed by atoms with Crippen LogP contribution >= 0.6 is 0 Å². The van der Waals surface area contributed by atoms with E-state index in [2.05, 4.69) is 0 Å². The first-order chi connectivity index (χ1) is 9.86. The number of rotatable bonds is 4. The molecule has 0 spiro atoms. The number of non-ortho nitro benzene ring substituents is 1. The molecule has 21 heavy (non-hydrogen) atoms. The predicted octanol–water partition coefficient (Wildman–Crippen LogP) is 3.36. The van der Waals surface area contributed by atoms with Gasteiger partial charge in [0.05, 0.1) is 17.1 Å². The third-order valence-corrected chi connectivity index (χ3v) is 2.47. The van der Waals surface area contributed by atoms with Crippen LogP contribution in [0.2, 0.25) is 0 Å². The number of aromatic carboxylic acids is 1. The average molecular weight is 295 g/mol. The first-order valence-electron chi connectivity index (χ1n) is 5.52. The monoisotopic (exact) mass is 295 g/mol. The molecule has 0 fully saturated rings. The molecule has 6 nitrogen and oxygen atoms in total. The third kappa shape index (κ3) is 3.30. The van der Waals surface area contributed by atoms with Crippen molar-refractivity contribution in [3.63, 3.8) is 0 Å². The topological polar surface area (TPSA) is 89.7 Å². The van der Waals surface area contributed by atoms with E-state index in [0.717, 1.165) is 30.3 Å². The van der Waals surface area contributed by atoms with Crippen molar-refractivity contribution >= 4 is 11.7 Å². The summed E-state index contributed by atoms with van der Waals surface area (Å²) in [5.41, 5.74) is -1.04. The van der Waals surface area contributed by atoms with Gasteiger partial charge in [-0.2, -0.15) is 0 Å². The van der Waals surface area contributed by atoms with Crippen LogP contribution < -0.4 is 4.74 Å². The molecule has 2 aromatic carbocycles. The van der Waals surface area contributed by atoms with E-state index in [9.17, 15) is 23.7 Å². The standard InChI is InChI=1S/C13H7F2NO5/c14-7-1-2-12(11(5-7)13(17)18)21-10-4-8(15)3-9(6-10)16(19)20/h1-6H,(H,17,18). The molecule has 0 unspecified atom stereocenters. The van der Waals surface area contributed by atoms with E-state index in [1.54, 1.807) is 0 Å². The lowest BCUT2D eigenvalue weighted by Gasteiger charge is -2.08. The largest absolute Gasteiger partial charge is 0.478 e. The zero-order valence-corrected chi connectivity index (χ0v) is 10.2. The fourth-order valence-electron chi connectivity index (χ4n) is 1.60. The van der Waals surface area contributed by atoms with Crippen LogP contribution in [0, 0.1) is 21.7 Å². The maximum Gasteiger partial charge on any atom is 0.339 e. The molecule has 0 aliphatic carbocycles. The number of carboxylic acid groups (broad SMARTS) is 1. The highest BCUT2D eigenvalue weighted by Crippen LogP contribution is 2.29. The minimum atomic E-state index is -1.45. The van der Waals surface area contributed by atoms with Gasteiger partial charge in [0.2, 0.25) is 0 Å². The van der Waals surface area contributed by atoms with E-state index < -0.39 is 33.8 Å². The molecule has 0 radical (unpaired) electrons. The van der Waals surface area contributed by atoms with Gasteiger partial charge < -0.3 is 9.84 Å². The first-order valence-corrected chi connectivity index (χ1v) is 5.52. The van der Waals surface area contributed by atoms with Crippen LogP contribution in [0.25, 0.3) is 0 Å². The quantitative estimate of drug-likeness (QED) is 0.690. The molecule has 108 valence electrons. The number of hydrogen-bond donors (Lipinski definition) is 1. The maximum absolute atomic E-state index is 13.3. The Morgan fingerprint density at radius 2 is 1.86 bits per heavy atom. The van der Waals surface area contributed by atoms with Crippen molar-refractivity contribution in [2.45, 2.75) is 0 Å². The molecule has 0 atom stereocenters. The Morgan fingerprint density at radius 3 is 2.48 bits per heavy atom. The molecule has 0 heterocycles. The lowest BCUT2D eigenvalue weighted by atomic mass is 10.2. The molecule has 1 N–H and O–H groups in total. The number of benzene rings is 2. The Bertz CT molecular complexity index is 732. The zero-order valence-electron chi connectivity index (χ0n) is 10.2. The van der Waals surface area contributed by atoms with Gasteiger partial charge in [-0.05, 0) is 18.2 Å². The lowest BCUT2D eigenvalue weighted by molar-refractivity contribution is -0.385. The normalized spacial score (nSPS) is 10.2. The highest BCUT2D eigenvalue weighted by molar-refractivity contribution is 5.91. The third-order valence-electron chi connectivity index (χ3n) is 2.47. The summed E-state index contributed by atoms with van der Waals surface area (Å²) in [5.74, 6) is -3.68. The van der Waals surface area contributed by atoms with Crippen molar-refractivity contribution < 1.29 is 28.3 Å². The molecule has 0 aliphatic rings. The highest BCUT2D eigenvalue weighted by Gasteiger charge is 2.16. The van der Waals surface area contributed by atoms with Crippen molar-refractivity contribution in [2.24, 2.45) is 0 Å². The van der Waals surface area contributed by atoms with Gasteiger partial charge in [-0.25, -0.2) is 13.6 Å². The number of hydrogen-bond acceptors (Lipinski definition) is 4. The van der Waals surface area contributed by atoms with Crippen molar-refractivity contribution in [3.8, 4) is 11.5 Å². The predicted molar refractivity (Wildman–Crippen MR) is 66.5 cm³/mol. The van der Waals surface area contributed by atoms with Crippen LogP contribution in [0.4, 0.5) is 14.5 Å². The van der Waals surface area contributed by atoms with Gasteiger partial charge in [-0.3, -0.25) is 10.1 Å². The SMILES string of the molecule is O=C(O)c1cc(F)ccc1Oc1cc(F)cc([N+](=O)[O-])c1. The minimum absolute atomic E-state index is 0.260. The Labute approximate surface area is 116 Å². The number of halogens is 2. The second kappa shape index (κ2) is 5.53. The molecular formula is C13H7F2NO5. The fraction of sp³-hybridized carbons (Fsp3) is 0. The van der Waals surface area contributed by atoms with Gasteiger partial charge in [-0.15, -0.1) is 0 Å². The van der Waals surface area contributed by atoms with E-state index in [1.807, 2.05) is 0 Å². The summed E-state index contributed by atoms with van der Waals surface area (Å²) in [6, 6.07) is 5.19. The van der Waals surface area contributed by atoms with Gasteiger partial charge in [0.1, 0.15) is 28.7 Å². The summed E-state index contributed by atoms with van der Waals surface area (Å²) in [4.78, 5) is 20.8. The lowest BCUT2D eigenvalue weighted by Crippen LogP contribution is -2.01. The van der Waals surface area contributed by atoms with Crippen molar-refractivity contribution in [2.75, 3.05) is 0 Å². The highest BCUT2D eigenvalue weighted by atomic mass is 19.1. The van der Waals surface area contributed by atoms with E-state index in [1.165, 1.54) is 0 Å². The van der Waals surface area contributed by atoms with Gasteiger partial charge in [0, 0.05) is 6.07 Å². The van der Waals surface area contributed by atoms with Crippen molar-refractivity contribution in [1.82, 2.24) is 0 Å². The molecule has 8 heteroatoms. The van der Waals surface area contributed by atoms with Crippen LogP contribution in [-0.4, -0.2) is 16.0 Å². The van der Waals surface area contributed by atoms with E-state index in [0.29, 0.717) is 6.07 Å². The van der Waals surface area contributed by atoms with Gasteiger partial charge in [0.15, 0.2) is 0 Å². The first kappa shape index (κ1) is 14.4. The number of ether oxygens (including phenoxy) is 1. The number of nitro benzene ring substituents is 1. The van der Waals surface area contributed by atoms with Gasteiger partial charge >= 0.3 is 5.97 Å². The average Bonchev–Trinajstić information content (AvgIpc) is 2.40. The van der Waals surface area contributed by atoms with Crippen molar-refractivity contribution in [3.05, 3.63) is 63.7 Å². The Hall–Kier alpha value is -3.03. The van der Waals surface area contributed by atoms with Crippen LogP contribution in [0.3, 0.4) is 0 Å². The smallest absolute Gasteiger partial charge is 0.339 e. The molecular weight excluding hydrogens is 288 g/mol. The maximum atomic E-state index is 13.3. The number of carbonyl (C=O) groups is 1. The van der Waals surface area contributed by atoms with E-state index in [-0.39, 0.29) is 11.5 Å². The molecule has 2 rings (SSSR count). The van der Waals surface area contributed by atoms with Crippen LogP contribution in [-0.2, 0) is 0 Å². The summed E-state index contributed by atoms with van der Waals surface area (Å²) in [6.45, 7) is 0. The van der Waals surface area contributed by atoms with Crippen LogP contribution in [0.5, 0.6) is 11.5 Å². The minimum Gasteiger partial charge on any atom is -0.478 e. The Morgan fingerprint density at radius 1 is 1.14 bits per heavy atom. The summed E-state index contributed by atoms with van der Waals surface area (Å²) >= 11 is 0. The molecule has 0 saturated heterocycles. The van der Waals surface area contributed by atoms with E-state index >= 15 is 0 Å². The summed E-state index contributed by atoms with van der Waals surface area (Å²) < 4.78 is 31.4. The van der Waals surface area contributed by atoms with Gasteiger partial charge in [0.25, 0.3) is 5.69 Å². The molecule has 0 bridgehead atoms. The number of nitrogens with zero attached hydrogens (tertiary/aromatic N) is 1. The summed E-state index contributed by atoms with van der Waals surface area (Å²) in [5, 5.41) is 19.6. The molecule has 0 aliphatic heterocycles. The number of carboxylic acids is 1. The molecule has 2 aromatic rings. The van der Waals surface area contributed by atoms with Crippen molar-refractivity contribution in [1.29, 1.82) is 0 Å². The Balaban J connectivity index is 2.43. The summed E-state index contributed by atoms with van der Waals surface area (Å²) in [6.07, 6.45) is 0. The second-order valence-corrected chi connectivity index (χ2v) is 3.95. The van der Waals surface area contributed by atoms with E-state index in [4.69, 9.17) is 9.84 Å². The van der Waals surface area contributed by atoms with Gasteiger partial charge in [-0.1, -0.05) is 0 Å². The summed E-state index contributed by atoms with van der Waals surface area (Å²) in [7, 11) is 0. The Kier molecular flexibility index (Phi) is 3.79. The second-order valence-electron chi connectivity index (χ2n) is 3.95. The van der Waals surface area contributed by atoms with Crippen LogP contribution in [0.15, 0.2) is 36.4 Å². The molecule has 0 saturated carbocycles. The van der Waals surface area contributed by atoms with Crippen LogP contribution in [0.1, 0.15) is 10.4 Å². The zero-order chi connectivity index (χ0) is 15.6. The fourth-order valence-corrected chi connectivity index (χ4v) is 1.60. The number of nitro groups is 1.